The van der Waals surface area contributed by atoms with E-state index in [9.17, 15) is 0 Å². The van der Waals surface area contributed by atoms with Gasteiger partial charge in [0.05, 0.1) is 22.1 Å². The second kappa shape index (κ2) is 18.1. The summed E-state index contributed by atoms with van der Waals surface area (Å²) in [7, 11) is 0. The number of anilines is 6. The van der Waals surface area contributed by atoms with Crippen LogP contribution in [0.1, 0.15) is 0 Å². The molecule has 0 fully saturated rings. The second-order valence-corrected chi connectivity index (χ2v) is 21.8. The van der Waals surface area contributed by atoms with Crippen LogP contribution in [-0.2, 0) is 0 Å². The number of benzene rings is 14. The van der Waals surface area contributed by atoms with E-state index < -0.39 is 0 Å². The molecule has 0 saturated carbocycles. The zero-order valence-electron chi connectivity index (χ0n) is 45.1. The van der Waals surface area contributed by atoms with Crippen molar-refractivity contribution in [3.63, 3.8) is 0 Å². The Morgan fingerprint density at radius 1 is 0.214 bits per heavy atom. The van der Waals surface area contributed by atoms with Gasteiger partial charge in [-0.2, -0.15) is 0 Å². The van der Waals surface area contributed by atoms with Gasteiger partial charge in [0, 0.05) is 55.1 Å². The lowest BCUT2D eigenvalue weighted by molar-refractivity contribution is 0.662. The average molecular weight is 1080 g/mol. The Morgan fingerprint density at radius 3 is 1.26 bits per heavy atom. The van der Waals surface area contributed by atoms with E-state index in [1.807, 2.05) is 0 Å². The first-order chi connectivity index (χ1) is 41.7. The molecule has 0 unspecified atom stereocenters. The van der Waals surface area contributed by atoms with Crippen molar-refractivity contribution >= 4 is 154 Å². The largest absolute Gasteiger partial charge is 0.455 e. The standard InChI is InChI=1S/C78H46N2O4/c1-3-20-51(21-4-1)79(53-37-34-49(35-38-53)56-27-12-18-47-16-7-9-25-55(47)56)65-32-14-30-61-74-70(81-75(61)65)45-41-64-72-60-29-13-28-57(59(60)39-43-68(72)84-78(64)74)50-19-11-24-54(46-50)80(52-22-5-2-6-23-52)66-33-15-31-62-73-69(82-76(62)66)44-40-63-71-58-26-10-8-17-48(58)36-42-67(71)83-77(63)73/h1-46H. The quantitative estimate of drug-likeness (QED) is 0.151. The van der Waals surface area contributed by atoms with Crippen molar-refractivity contribution in [3.05, 3.63) is 279 Å². The highest BCUT2D eigenvalue weighted by Crippen LogP contribution is 2.50. The molecule has 0 N–H and O–H groups in total. The maximum atomic E-state index is 7.01. The molecule has 84 heavy (non-hydrogen) atoms. The maximum Gasteiger partial charge on any atom is 0.159 e. The fourth-order valence-electron chi connectivity index (χ4n) is 13.5. The molecule has 0 bridgehead atoms. The lowest BCUT2D eigenvalue weighted by Crippen LogP contribution is -2.10. The highest BCUT2D eigenvalue weighted by Gasteiger charge is 2.26. The Hall–Kier alpha value is -11.3. The van der Waals surface area contributed by atoms with E-state index in [2.05, 4.69) is 289 Å². The van der Waals surface area contributed by atoms with E-state index in [-0.39, 0.29) is 0 Å². The topological polar surface area (TPSA) is 59.0 Å². The van der Waals surface area contributed by atoms with E-state index in [0.29, 0.717) is 0 Å². The Labute approximate surface area is 480 Å². The van der Waals surface area contributed by atoms with Crippen LogP contribution in [0.5, 0.6) is 0 Å². The highest BCUT2D eigenvalue weighted by atomic mass is 16.4. The molecule has 0 saturated heterocycles. The van der Waals surface area contributed by atoms with Crippen molar-refractivity contribution in [2.24, 2.45) is 0 Å². The van der Waals surface area contributed by atoms with E-state index in [4.69, 9.17) is 17.7 Å². The Morgan fingerprint density at radius 2 is 0.619 bits per heavy atom. The third kappa shape index (κ3) is 6.92. The zero-order chi connectivity index (χ0) is 55.0. The summed E-state index contributed by atoms with van der Waals surface area (Å²) in [5.41, 5.74) is 16.9. The number of hydrogen-bond acceptors (Lipinski definition) is 6. The van der Waals surface area contributed by atoms with E-state index >= 15 is 0 Å². The summed E-state index contributed by atoms with van der Waals surface area (Å²) >= 11 is 0. The SMILES string of the molecule is c1ccc(N(c2cccc(-c3cccc4c3ccc3oc5c(ccc6oc7c(N(c8ccccc8)c8ccc(-c9cccc%10ccccc9%10)cc8)cccc7c65)c34)c2)c2cccc3c2oc2ccc4c(oc5ccc6ccccc6c54)c23)cc1. The molecule has 0 radical (unpaired) electrons. The lowest BCUT2D eigenvalue weighted by atomic mass is 9.95. The third-order valence-electron chi connectivity index (χ3n) is 17.2. The summed E-state index contributed by atoms with van der Waals surface area (Å²) in [6.07, 6.45) is 0. The molecule has 392 valence electrons. The van der Waals surface area contributed by atoms with Gasteiger partial charge in [0.15, 0.2) is 11.2 Å². The summed E-state index contributed by atoms with van der Waals surface area (Å²) in [6, 6.07) is 98.9. The van der Waals surface area contributed by atoms with Crippen LogP contribution in [-0.4, -0.2) is 0 Å². The van der Waals surface area contributed by atoms with Gasteiger partial charge in [0.1, 0.15) is 33.5 Å². The predicted molar refractivity (Wildman–Crippen MR) is 348 cm³/mol. The molecule has 0 spiro atoms. The Bertz CT molecular complexity index is 5690. The number of nitrogens with zero attached hydrogens (tertiary/aromatic N) is 2. The lowest BCUT2D eigenvalue weighted by Gasteiger charge is -2.26. The van der Waals surface area contributed by atoms with Crippen molar-refractivity contribution < 1.29 is 17.7 Å². The van der Waals surface area contributed by atoms with Gasteiger partial charge in [0.25, 0.3) is 0 Å². The monoisotopic (exact) mass is 1070 g/mol. The van der Waals surface area contributed by atoms with Crippen LogP contribution in [0, 0.1) is 0 Å². The number of fused-ring (bicyclic) bond motifs is 19. The van der Waals surface area contributed by atoms with Crippen LogP contribution in [0.15, 0.2) is 297 Å². The smallest absolute Gasteiger partial charge is 0.159 e. The molecular weight excluding hydrogens is 1030 g/mol. The second-order valence-electron chi connectivity index (χ2n) is 21.8. The molecule has 6 heteroatoms. The molecule has 0 aliphatic rings. The van der Waals surface area contributed by atoms with Crippen molar-refractivity contribution in [1.82, 2.24) is 0 Å². The zero-order valence-corrected chi connectivity index (χ0v) is 45.1. The Kier molecular flexibility index (Phi) is 9.99. The van der Waals surface area contributed by atoms with Gasteiger partial charge in [-0.15, -0.1) is 0 Å². The van der Waals surface area contributed by atoms with Crippen LogP contribution >= 0.6 is 0 Å². The minimum atomic E-state index is 0.767. The van der Waals surface area contributed by atoms with Gasteiger partial charge >= 0.3 is 0 Å². The first-order valence-electron chi connectivity index (χ1n) is 28.5. The predicted octanol–water partition coefficient (Wildman–Crippen LogP) is 23.0. The van der Waals surface area contributed by atoms with Crippen molar-refractivity contribution in [3.8, 4) is 22.3 Å². The molecule has 0 aliphatic heterocycles. The van der Waals surface area contributed by atoms with Gasteiger partial charge in [0.2, 0.25) is 0 Å². The molecule has 4 aromatic heterocycles. The molecule has 18 aromatic rings. The average Bonchev–Trinajstić information content (AvgIpc) is 2.27. The first kappa shape index (κ1) is 46.4. The highest BCUT2D eigenvalue weighted by molar-refractivity contribution is 6.29. The minimum Gasteiger partial charge on any atom is -0.455 e. The van der Waals surface area contributed by atoms with Crippen LogP contribution in [0.4, 0.5) is 34.1 Å². The van der Waals surface area contributed by atoms with Gasteiger partial charge in [-0.3, -0.25) is 0 Å². The molecule has 0 atom stereocenters. The number of para-hydroxylation sites is 4. The third-order valence-corrected chi connectivity index (χ3v) is 17.2. The summed E-state index contributed by atoms with van der Waals surface area (Å²) < 4.78 is 27.7. The van der Waals surface area contributed by atoms with Crippen LogP contribution in [0.3, 0.4) is 0 Å². The fraction of sp³-hybridized carbons (Fsp3) is 0. The van der Waals surface area contributed by atoms with Crippen molar-refractivity contribution in [2.75, 3.05) is 9.80 Å². The minimum absolute atomic E-state index is 0.767. The molecule has 14 aromatic carbocycles. The molecule has 4 heterocycles. The van der Waals surface area contributed by atoms with Crippen molar-refractivity contribution in [2.45, 2.75) is 0 Å². The van der Waals surface area contributed by atoms with Crippen LogP contribution < -0.4 is 9.80 Å². The van der Waals surface area contributed by atoms with Gasteiger partial charge in [-0.25, -0.2) is 0 Å². The summed E-state index contributed by atoms with van der Waals surface area (Å²) in [4.78, 5) is 4.59. The van der Waals surface area contributed by atoms with E-state index in [1.165, 1.54) is 27.1 Å². The molecule has 6 nitrogen and oxygen atoms in total. The van der Waals surface area contributed by atoms with E-state index in [1.54, 1.807) is 0 Å². The number of furan rings is 4. The fourth-order valence-corrected chi connectivity index (χ4v) is 13.5. The summed E-state index contributed by atoms with van der Waals surface area (Å²) in [5, 5.41) is 15.3. The van der Waals surface area contributed by atoms with Crippen LogP contribution in [0.2, 0.25) is 0 Å². The van der Waals surface area contributed by atoms with Crippen molar-refractivity contribution in [1.29, 1.82) is 0 Å². The first-order valence-corrected chi connectivity index (χ1v) is 28.5. The molecular formula is C78H46N2O4. The summed E-state index contributed by atoms with van der Waals surface area (Å²) in [5.74, 6) is 0. The maximum absolute atomic E-state index is 7.01. The molecule has 0 amide bonds. The number of rotatable bonds is 8. The molecule has 0 aliphatic carbocycles. The number of hydrogen-bond donors (Lipinski definition) is 0. The van der Waals surface area contributed by atoms with Gasteiger partial charge in [-0.1, -0.05) is 182 Å². The summed E-state index contributed by atoms with van der Waals surface area (Å²) in [6.45, 7) is 0. The normalized spacial score (nSPS) is 12.0. The van der Waals surface area contributed by atoms with Gasteiger partial charge in [-0.05, 0) is 152 Å². The molecule has 18 rings (SSSR count). The van der Waals surface area contributed by atoms with Crippen LogP contribution in [0.25, 0.3) is 142 Å². The van der Waals surface area contributed by atoms with E-state index in [0.717, 1.165) is 149 Å². The van der Waals surface area contributed by atoms with Gasteiger partial charge < -0.3 is 27.5 Å². The Balaban J connectivity index is 0.755.